The van der Waals surface area contributed by atoms with Crippen molar-refractivity contribution < 1.29 is 18.5 Å². The average molecular weight is 331 g/mol. The Morgan fingerprint density at radius 3 is 2.96 bits per heavy atom. The molecule has 0 aromatic carbocycles. The summed E-state index contributed by atoms with van der Waals surface area (Å²) in [6.07, 6.45) is 1.71. The Bertz CT molecular complexity index is 820. The number of amides is 1. The van der Waals surface area contributed by atoms with E-state index in [1.165, 1.54) is 24.5 Å². The number of hydrogen-bond acceptors (Lipinski definition) is 7. The van der Waals surface area contributed by atoms with Crippen molar-refractivity contribution in [2.24, 2.45) is 0 Å². The minimum atomic E-state index is -0.178. The smallest absolute Gasteiger partial charge is 0.293 e. The highest BCUT2D eigenvalue weighted by Crippen LogP contribution is 2.17. The minimum absolute atomic E-state index is 0.00101. The van der Waals surface area contributed by atoms with Gasteiger partial charge in [0, 0.05) is 0 Å². The van der Waals surface area contributed by atoms with Crippen molar-refractivity contribution in [1.82, 2.24) is 15.5 Å². The monoisotopic (exact) mass is 331 g/mol. The number of thiophene rings is 1. The van der Waals surface area contributed by atoms with Gasteiger partial charge in [0.05, 0.1) is 24.1 Å². The Morgan fingerprint density at radius 2 is 2.26 bits per heavy atom. The van der Waals surface area contributed by atoms with Gasteiger partial charge in [-0.3, -0.25) is 9.59 Å². The highest BCUT2D eigenvalue weighted by atomic mass is 32.1. The van der Waals surface area contributed by atoms with Crippen LogP contribution in [-0.2, 0) is 17.8 Å². The summed E-state index contributed by atoms with van der Waals surface area (Å²) in [5, 5.41) is 8.29. The zero-order valence-electron chi connectivity index (χ0n) is 12.2. The van der Waals surface area contributed by atoms with Crippen molar-refractivity contribution in [2.75, 3.05) is 0 Å². The van der Waals surface area contributed by atoms with Crippen molar-refractivity contribution in [3.8, 4) is 11.7 Å². The Balaban J connectivity index is 1.53. The number of Topliss-reactive ketones (excluding diaryl/α,β-unsaturated/α-hetero) is 1. The highest BCUT2D eigenvalue weighted by molar-refractivity contribution is 7.12. The van der Waals surface area contributed by atoms with Gasteiger partial charge in [-0.05, 0) is 36.1 Å². The Kier molecular flexibility index (Phi) is 4.33. The number of rotatable bonds is 6. The summed E-state index contributed by atoms with van der Waals surface area (Å²) < 4.78 is 10.2. The zero-order valence-corrected chi connectivity index (χ0v) is 13.1. The van der Waals surface area contributed by atoms with Crippen LogP contribution in [0.2, 0.25) is 0 Å². The fourth-order valence-corrected chi connectivity index (χ4v) is 2.72. The molecule has 118 valence electrons. The normalized spacial score (nSPS) is 10.7. The van der Waals surface area contributed by atoms with Gasteiger partial charge in [0.25, 0.3) is 5.89 Å². The van der Waals surface area contributed by atoms with E-state index in [9.17, 15) is 9.59 Å². The number of nitrogens with zero attached hydrogens (tertiary/aromatic N) is 2. The first-order chi connectivity index (χ1) is 11.1. The van der Waals surface area contributed by atoms with E-state index in [0.29, 0.717) is 16.5 Å². The lowest BCUT2D eigenvalue weighted by molar-refractivity contribution is -0.120. The Hall–Kier alpha value is -2.74. The lowest BCUT2D eigenvalue weighted by Crippen LogP contribution is -2.24. The van der Waals surface area contributed by atoms with Crippen LogP contribution in [0.5, 0.6) is 0 Å². The Labute approximate surface area is 135 Å². The minimum Gasteiger partial charge on any atom is -0.459 e. The van der Waals surface area contributed by atoms with Crippen LogP contribution in [0, 0.1) is 0 Å². The summed E-state index contributed by atoms with van der Waals surface area (Å²) >= 11 is 1.34. The van der Waals surface area contributed by atoms with E-state index in [0.717, 1.165) is 5.56 Å². The van der Waals surface area contributed by atoms with Crippen molar-refractivity contribution in [3.05, 3.63) is 46.1 Å². The van der Waals surface area contributed by atoms with Crippen LogP contribution >= 0.6 is 11.3 Å². The van der Waals surface area contributed by atoms with Gasteiger partial charge < -0.3 is 14.3 Å². The van der Waals surface area contributed by atoms with Gasteiger partial charge in [-0.25, -0.2) is 0 Å². The maximum atomic E-state index is 11.9. The summed E-state index contributed by atoms with van der Waals surface area (Å²) in [5.74, 6) is 0.925. The van der Waals surface area contributed by atoms with Gasteiger partial charge in [0.1, 0.15) is 0 Å². The van der Waals surface area contributed by atoms with E-state index < -0.39 is 0 Å². The van der Waals surface area contributed by atoms with Crippen LogP contribution < -0.4 is 5.32 Å². The van der Waals surface area contributed by atoms with Crippen molar-refractivity contribution in [1.29, 1.82) is 0 Å². The first-order valence-electron chi connectivity index (χ1n) is 6.83. The second kappa shape index (κ2) is 6.57. The number of carbonyl (C=O) groups excluding carboxylic acids is 2. The molecule has 0 aliphatic heterocycles. The standard InChI is InChI=1S/C15H13N3O4S/c1-9(19)12-5-10(8-23-12)6-14(20)16-7-13-17-15(22-18-13)11-3-2-4-21-11/h2-5,8H,6-7H2,1H3,(H,16,20). The molecule has 0 fully saturated rings. The summed E-state index contributed by atoms with van der Waals surface area (Å²) in [6, 6.07) is 5.16. The first kappa shape index (κ1) is 15.2. The van der Waals surface area contributed by atoms with Crippen LogP contribution in [0.25, 0.3) is 11.7 Å². The van der Waals surface area contributed by atoms with Gasteiger partial charge in [-0.1, -0.05) is 5.16 Å². The van der Waals surface area contributed by atoms with Crippen LogP contribution in [-0.4, -0.2) is 21.8 Å². The van der Waals surface area contributed by atoms with Gasteiger partial charge in [0.15, 0.2) is 17.4 Å². The lowest BCUT2D eigenvalue weighted by atomic mass is 10.2. The third-order valence-corrected chi connectivity index (χ3v) is 4.09. The number of nitrogens with one attached hydrogen (secondary N) is 1. The molecule has 23 heavy (non-hydrogen) atoms. The zero-order chi connectivity index (χ0) is 16.2. The van der Waals surface area contributed by atoms with E-state index in [-0.39, 0.29) is 30.5 Å². The van der Waals surface area contributed by atoms with Gasteiger partial charge in [0.2, 0.25) is 5.91 Å². The highest BCUT2D eigenvalue weighted by Gasteiger charge is 2.13. The number of carbonyl (C=O) groups is 2. The molecule has 3 aromatic rings. The van der Waals surface area contributed by atoms with Gasteiger partial charge in [-0.15, -0.1) is 11.3 Å². The molecule has 0 saturated heterocycles. The van der Waals surface area contributed by atoms with Gasteiger partial charge in [-0.2, -0.15) is 4.98 Å². The molecule has 7 nitrogen and oxygen atoms in total. The molecule has 1 N–H and O–H groups in total. The molecule has 0 aliphatic carbocycles. The predicted octanol–water partition coefficient (Wildman–Crippen LogP) is 2.45. The molecule has 0 aliphatic rings. The van der Waals surface area contributed by atoms with E-state index in [4.69, 9.17) is 8.94 Å². The number of aromatic nitrogens is 2. The molecule has 1 amide bonds. The average Bonchev–Trinajstić information content (AvgIpc) is 3.25. The molecule has 8 heteroatoms. The molecule has 0 radical (unpaired) electrons. The maximum Gasteiger partial charge on any atom is 0.293 e. The van der Waals surface area contributed by atoms with E-state index in [2.05, 4.69) is 15.5 Å². The second-order valence-electron chi connectivity index (χ2n) is 4.82. The summed E-state index contributed by atoms with van der Waals surface area (Å²) in [4.78, 5) is 27.9. The fraction of sp³-hybridized carbons (Fsp3) is 0.200. The Morgan fingerprint density at radius 1 is 1.39 bits per heavy atom. The SMILES string of the molecule is CC(=O)c1cc(CC(=O)NCc2noc(-c3ccco3)n2)cs1. The molecule has 0 bridgehead atoms. The number of hydrogen-bond donors (Lipinski definition) is 1. The van der Waals surface area contributed by atoms with Crippen molar-refractivity contribution in [3.63, 3.8) is 0 Å². The van der Waals surface area contributed by atoms with Gasteiger partial charge >= 0.3 is 0 Å². The molecular weight excluding hydrogens is 318 g/mol. The fourth-order valence-electron chi connectivity index (χ4n) is 1.90. The topological polar surface area (TPSA) is 98.2 Å². The second-order valence-corrected chi connectivity index (χ2v) is 5.73. The van der Waals surface area contributed by atoms with Crippen molar-refractivity contribution >= 4 is 23.0 Å². The van der Waals surface area contributed by atoms with Crippen LogP contribution in [0.15, 0.2) is 38.8 Å². The van der Waals surface area contributed by atoms with Crippen LogP contribution in [0.4, 0.5) is 0 Å². The number of furan rings is 1. The molecule has 3 aromatic heterocycles. The maximum absolute atomic E-state index is 11.9. The van der Waals surface area contributed by atoms with E-state index in [1.807, 2.05) is 0 Å². The van der Waals surface area contributed by atoms with Crippen molar-refractivity contribution in [2.45, 2.75) is 19.9 Å². The molecular formula is C15H13N3O4S. The van der Waals surface area contributed by atoms with Crippen LogP contribution in [0.3, 0.4) is 0 Å². The first-order valence-corrected chi connectivity index (χ1v) is 7.71. The summed E-state index contributed by atoms with van der Waals surface area (Å²) in [5.41, 5.74) is 0.807. The van der Waals surface area contributed by atoms with E-state index in [1.54, 1.807) is 23.6 Å². The quantitative estimate of drug-likeness (QED) is 0.697. The number of ketones is 1. The van der Waals surface area contributed by atoms with E-state index >= 15 is 0 Å². The molecule has 0 spiro atoms. The molecule has 0 atom stereocenters. The summed E-state index contributed by atoms with van der Waals surface area (Å²) in [6.45, 7) is 1.66. The largest absolute Gasteiger partial charge is 0.459 e. The lowest BCUT2D eigenvalue weighted by Gasteiger charge is -2.00. The summed E-state index contributed by atoms with van der Waals surface area (Å²) in [7, 11) is 0. The van der Waals surface area contributed by atoms with Crippen LogP contribution in [0.1, 0.15) is 28.0 Å². The molecule has 3 heterocycles. The third kappa shape index (κ3) is 3.72. The molecule has 0 unspecified atom stereocenters. The predicted molar refractivity (Wildman–Crippen MR) is 81.9 cm³/mol. The third-order valence-electron chi connectivity index (χ3n) is 3.01. The molecule has 0 saturated carbocycles. The molecule has 3 rings (SSSR count).